The van der Waals surface area contributed by atoms with Crippen molar-refractivity contribution in [1.29, 1.82) is 0 Å². The summed E-state index contributed by atoms with van der Waals surface area (Å²) in [5.74, 6) is 0. The third-order valence-electron chi connectivity index (χ3n) is 1.49. The van der Waals surface area contributed by atoms with Crippen LogP contribution in [0.1, 0.15) is 46.0 Å². The van der Waals surface area contributed by atoms with Gasteiger partial charge in [-0.1, -0.05) is 45.7 Å². The van der Waals surface area contributed by atoms with Crippen LogP contribution in [0.5, 0.6) is 0 Å². The Morgan fingerprint density at radius 3 is 2.22 bits per heavy atom. The first-order valence-electron chi connectivity index (χ1n) is 3.97. The summed E-state index contributed by atoms with van der Waals surface area (Å²) < 4.78 is 0. The first kappa shape index (κ1) is 9.35. The normalized spacial score (nSPS) is 13.7. The Bertz CT molecular complexity index is 52.5. The molecule has 0 aromatic rings. The Morgan fingerprint density at radius 1 is 1.11 bits per heavy atom. The molecule has 9 heavy (non-hydrogen) atoms. The fourth-order valence-electron chi connectivity index (χ4n) is 0.898. The fraction of sp³-hybridized carbons (Fsp3) is 1.00. The zero-order chi connectivity index (χ0) is 7.11. The third-order valence-corrected chi connectivity index (χ3v) is 1.96. The molecule has 0 nitrogen and oxygen atoms in total. The molecular formula is C8H17S. The number of hydrogen-bond donors (Lipinski definition) is 0. The van der Waals surface area contributed by atoms with Gasteiger partial charge in [0.15, 0.2) is 0 Å². The van der Waals surface area contributed by atoms with Crippen LogP contribution in [0, 0.1) is 0 Å². The van der Waals surface area contributed by atoms with Gasteiger partial charge in [-0.05, 0) is 12.8 Å². The summed E-state index contributed by atoms with van der Waals surface area (Å²) in [6.45, 7) is 4.42. The molecule has 1 heteroatoms. The minimum atomic E-state index is 0.551. The lowest BCUT2D eigenvalue weighted by atomic mass is 10.1. The lowest BCUT2D eigenvalue weighted by Gasteiger charge is -2.05. The lowest BCUT2D eigenvalue weighted by molar-refractivity contribution is 0.642. The monoisotopic (exact) mass is 145 g/mol. The Morgan fingerprint density at radius 2 is 1.78 bits per heavy atom. The summed E-state index contributed by atoms with van der Waals surface area (Å²) in [6.07, 6.45) is 6.33. The molecule has 0 rings (SSSR count). The number of rotatable bonds is 5. The highest BCUT2D eigenvalue weighted by Crippen LogP contribution is 2.11. The smallest absolute Gasteiger partial charge is 0.0151 e. The zero-order valence-electron chi connectivity index (χ0n) is 6.52. The SMILES string of the molecule is CCCCC([S])CCC. The highest BCUT2D eigenvalue weighted by molar-refractivity contribution is 7.80. The first-order valence-corrected chi connectivity index (χ1v) is 4.44. The molecule has 0 spiro atoms. The largest absolute Gasteiger partial charge is 0.0904 e. The van der Waals surface area contributed by atoms with Gasteiger partial charge in [-0.3, -0.25) is 0 Å². The van der Waals surface area contributed by atoms with Gasteiger partial charge in [-0.25, -0.2) is 0 Å². The minimum Gasteiger partial charge on any atom is -0.0904 e. The molecule has 55 valence electrons. The molecule has 0 N–H and O–H groups in total. The molecule has 0 aliphatic carbocycles. The van der Waals surface area contributed by atoms with E-state index in [1.165, 1.54) is 32.1 Å². The average Bonchev–Trinajstić information content (AvgIpc) is 1.85. The molecule has 0 amide bonds. The maximum absolute atomic E-state index is 5.20. The van der Waals surface area contributed by atoms with E-state index in [4.69, 9.17) is 12.6 Å². The van der Waals surface area contributed by atoms with Crippen molar-refractivity contribution in [3.05, 3.63) is 0 Å². The molecule has 0 aliphatic heterocycles. The van der Waals surface area contributed by atoms with Crippen molar-refractivity contribution in [3.63, 3.8) is 0 Å². The van der Waals surface area contributed by atoms with E-state index < -0.39 is 0 Å². The fourth-order valence-corrected chi connectivity index (χ4v) is 1.30. The second-order valence-electron chi connectivity index (χ2n) is 2.55. The quantitative estimate of drug-likeness (QED) is 0.555. The van der Waals surface area contributed by atoms with Crippen LogP contribution in [0.3, 0.4) is 0 Å². The van der Waals surface area contributed by atoms with Gasteiger partial charge in [0.25, 0.3) is 0 Å². The van der Waals surface area contributed by atoms with Gasteiger partial charge in [0.05, 0.1) is 0 Å². The predicted molar refractivity (Wildman–Crippen MR) is 45.8 cm³/mol. The Labute approximate surface area is 64.4 Å². The van der Waals surface area contributed by atoms with Gasteiger partial charge < -0.3 is 0 Å². The zero-order valence-corrected chi connectivity index (χ0v) is 7.34. The van der Waals surface area contributed by atoms with Crippen molar-refractivity contribution in [2.75, 3.05) is 0 Å². The molecule has 0 aromatic heterocycles. The van der Waals surface area contributed by atoms with Crippen LogP contribution >= 0.6 is 12.6 Å². The summed E-state index contributed by atoms with van der Waals surface area (Å²) in [6, 6.07) is 0. The van der Waals surface area contributed by atoms with E-state index in [0.717, 1.165) is 0 Å². The van der Waals surface area contributed by atoms with Crippen LogP contribution in [-0.4, -0.2) is 5.25 Å². The maximum Gasteiger partial charge on any atom is 0.0151 e. The lowest BCUT2D eigenvalue weighted by Crippen LogP contribution is -1.96. The van der Waals surface area contributed by atoms with Crippen molar-refractivity contribution in [1.82, 2.24) is 0 Å². The molecule has 1 radical (unpaired) electrons. The van der Waals surface area contributed by atoms with E-state index in [1.807, 2.05) is 0 Å². The summed E-state index contributed by atoms with van der Waals surface area (Å²) in [4.78, 5) is 0. The molecule has 0 saturated heterocycles. The summed E-state index contributed by atoms with van der Waals surface area (Å²) in [5, 5.41) is 0.551. The molecule has 0 fully saturated rings. The molecule has 0 heterocycles. The van der Waals surface area contributed by atoms with Gasteiger partial charge in [0.1, 0.15) is 0 Å². The summed E-state index contributed by atoms with van der Waals surface area (Å²) in [7, 11) is 0. The van der Waals surface area contributed by atoms with Crippen molar-refractivity contribution in [2.45, 2.75) is 51.2 Å². The van der Waals surface area contributed by atoms with Crippen LogP contribution in [0.2, 0.25) is 0 Å². The van der Waals surface area contributed by atoms with Gasteiger partial charge in [0, 0.05) is 5.25 Å². The third kappa shape index (κ3) is 6.23. The van der Waals surface area contributed by atoms with Crippen molar-refractivity contribution < 1.29 is 0 Å². The molecule has 1 atom stereocenters. The van der Waals surface area contributed by atoms with Crippen molar-refractivity contribution >= 4 is 12.6 Å². The van der Waals surface area contributed by atoms with Gasteiger partial charge in [-0.2, -0.15) is 0 Å². The predicted octanol–water partition coefficient (Wildman–Crippen LogP) is 3.54. The number of hydrogen-bond acceptors (Lipinski definition) is 0. The van der Waals surface area contributed by atoms with E-state index in [2.05, 4.69) is 13.8 Å². The minimum absolute atomic E-state index is 0.551. The van der Waals surface area contributed by atoms with E-state index >= 15 is 0 Å². The molecular weight excluding hydrogens is 128 g/mol. The van der Waals surface area contributed by atoms with Crippen LogP contribution in [0.4, 0.5) is 0 Å². The highest BCUT2D eigenvalue weighted by Gasteiger charge is 1.99. The second kappa shape index (κ2) is 6.47. The second-order valence-corrected chi connectivity index (χ2v) is 3.22. The van der Waals surface area contributed by atoms with E-state index in [9.17, 15) is 0 Å². The topological polar surface area (TPSA) is 0 Å². The van der Waals surface area contributed by atoms with E-state index in [1.54, 1.807) is 0 Å². The maximum atomic E-state index is 5.20. The van der Waals surface area contributed by atoms with Crippen LogP contribution in [0.25, 0.3) is 0 Å². The molecule has 0 saturated carbocycles. The van der Waals surface area contributed by atoms with Crippen LogP contribution in [-0.2, 0) is 0 Å². The van der Waals surface area contributed by atoms with Gasteiger partial charge in [0.2, 0.25) is 0 Å². The highest BCUT2D eigenvalue weighted by atomic mass is 32.1. The summed E-state index contributed by atoms with van der Waals surface area (Å²) in [5.41, 5.74) is 0. The van der Waals surface area contributed by atoms with E-state index in [0.29, 0.717) is 5.25 Å². The van der Waals surface area contributed by atoms with Gasteiger partial charge >= 0.3 is 0 Å². The molecule has 0 bridgehead atoms. The Kier molecular flexibility index (Phi) is 6.72. The van der Waals surface area contributed by atoms with Gasteiger partial charge in [-0.15, -0.1) is 0 Å². The van der Waals surface area contributed by atoms with Crippen LogP contribution in [0.15, 0.2) is 0 Å². The molecule has 0 aromatic carbocycles. The summed E-state index contributed by atoms with van der Waals surface area (Å²) >= 11 is 5.20. The Hall–Kier alpha value is 0.350. The number of unbranched alkanes of at least 4 members (excludes halogenated alkanes) is 1. The van der Waals surface area contributed by atoms with Crippen molar-refractivity contribution in [2.24, 2.45) is 0 Å². The molecule has 0 aliphatic rings. The average molecular weight is 145 g/mol. The standard InChI is InChI=1S/C8H17S/c1-3-5-7-8(9)6-4-2/h8H,3-7H2,1-2H3. The van der Waals surface area contributed by atoms with Crippen LogP contribution < -0.4 is 0 Å². The first-order chi connectivity index (χ1) is 4.31. The van der Waals surface area contributed by atoms with E-state index in [-0.39, 0.29) is 0 Å². The molecule has 1 unspecified atom stereocenters. The Balaban J connectivity index is 2.95. The van der Waals surface area contributed by atoms with Crippen molar-refractivity contribution in [3.8, 4) is 0 Å².